The Balaban J connectivity index is 1.46. The minimum atomic E-state index is -4.12. The van der Waals surface area contributed by atoms with Gasteiger partial charge in [0.15, 0.2) is 0 Å². The summed E-state index contributed by atoms with van der Waals surface area (Å²) in [6.45, 7) is 0.464. The average Bonchev–Trinajstić information content (AvgIpc) is 2.83. The van der Waals surface area contributed by atoms with Crippen LogP contribution in [0.5, 0.6) is 0 Å². The number of amides is 2. The van der Waals surface area contributed by atoms with Crippen molar-refractivity contribution in [3.63, 3.8) is 0 Å². The van der Waals surface area contributed by atoms with Crippen molar-refractivity contribution < 1.29 is 27.9 Å². The van der Waals surface area contributed by atoms with Gasteiger partial charge in [0.2, 0.25) is 5.91 Å². The first-order valence-corrected chi connectivity index (χ1v) is 12.8. The smallest absolute Gasteiger partial charge is 0.354 e. The maximum absolute atomic E-state index is 12.5. The molecule has 0 spiro atoms. The van der Waals surface area contributed by atoms with E-state index in [4.69, 9.17) is 5.11 Å². The fourth-order valence-corrected chi connectivity index (χ4v) is 4.95. The van der Waals surface area contributed by atoms with Gasteiger partial charge in [-0.2, -0.15) is 0 Å². The topological polar surface area (TPSA) is 143 Å². The van der Waals surface area contributed by atoms with E-state index in [1.807, 2.05) is 4.72 Å². The summed E-state index contributed by atoms with van der Waals surface area (Å²) in [5, 5.41) is 11.8. The average molecular weight is 488 g/mol. The third-order valence-corrected chi connectivity index (χ3v) is 7.29. The van der Waals surface area contributed by atoms with Crippen LogP contribution in [-0.2, 0) is 21.2 Å². The first kappa shape index (κ1) is 25.4. The number of pyridine rings is 1. The van der Waals surface area contributed by atoms with Crippen LogP contribution in [0.1, 0.15) is 71.4 Å². The Morgan fingerprint density at radius 1 is 1.00 bits per heavy atom. The minimum Gasteiger partial charge on any atom is -0.477 e. The van der Waals surface area contributed by atoms with E-state index in [0.717, 1.165) is 24.2 Å². The van der Waals surface area contributed by atoms with Gasteiger partial charge in [-0.1, -0.05) is 44.2 Å². The molecular formula is C24H29N3O6S. The predicted octanol–water partition coefficient (Wildman–Crippen LogP) is 2.92. The summed E-state index contributed by atoms with van der Waals surface area (Å²) in [5.74, 6) is -1.46. The van der Waals surface area contributed by atoms with Crippen molar-refractivity contribution >= 4 is 27.8 Å². The maximum Gasteiger partial charge on any atom is 0.354 e. The number of hydrogen-bond donors (Lipinski definition) is 3. The lowest BCUT2D eigenvalue weighted by molar-refractivity contribution is -0.121. The Hall–Kier alpha value is -3.27. The molecule has 1 aliphatic carbocycles. The molecule has 0 radical (unpaired) electrons. The van der Waals surface area contributed by atoms with Crippen molar-refractivity contribution in [2.24, 2.45) is 5.92 Å². The number of hydrogen-bond acceptors (Lipinski definition) is 6. The maximum atomic E-state index is 12.5. The number of aromatic carboxylic acids is 1. The standard InChI is InChI=1S/C24H29N3O6S/c28-22(13-8-17-4-2-1-3-5-17)25-15-14-18-6-10-20(11-7-18)34(32,33)27-23(29)19-9-12-21(24(30)31)26-16-19/h6-7,9-12,16-17H,1-5,8,13-15H2,(H,25,28)(H,27,29)(H,30,31). The largest absolute Gasteiger partial charge is 0.477 e. The van der Waals surface area contributed by atoms with Crippen LogP contribution in [0.3, 0.4) is 0 Å². The molecule has 0 bridgehead atoms. The molecule has 1 aliphatic rings. The monoisotopic (exact) mass is 487 g/mol. The second-order valence-electron chi connectivity index (χ2n) is 8.46. The second-order valence-corrected chi connectivity index (χ2v) is 10.1. The zero-order valence-electron chi connectivity index (χ0n) is 18.8. The van der Waals surface area contributed by atoms with Crippen LogP contribution in [-0.4, -0.2) is 42.8 Å². The third-order valence-electron chi connectivity index (χ3n) is 5.95. The van der Waals surface area contributed by atoms with Gasteiger partial charge in [-0.3, -0.25) is 9.59 Å². The number of nitrogens with zero attached hydrogens (tertiary/aromatic N) is 1. The molecule has 2 aromatic rings. The molecule has 1 fully saturated rings. The molecule has 182 valence electrons. The summed E-state index contributed by atoms with van der Waals surface area (Å²) >= 11 is 0. The lowest BCUT2D eigenvalue weighted by Crippen LogP contribution is -2.30. The third kappa shape index (κ3) is 7.38. The zero-order valence-corrected chi connectivity index (χ0v) is 19.6. The quantitative estimate of drug-likeness (QED) is 0.468. The van der Waals surface area contributed by atoms with E-state index in [9.17, 15) is 22.8 Å². The van der Waals surface area contributed by atoms with Crippen molar-refractivity contribution in [1.29, 1.82) is 0 Å². The van der Waals surface area contributed by atoms with Crippen LogP contribution in [0.15, 0.2) is 47.5 Å². The molecule has 0 saturated heterocycles. The summed E-state index contributed by atoms with van der Waals surface area (Å²) in [5.41, 5.74) is 0.520. The van der Waals surface area contributed by atoms with Crippen LogP contribution in [0.2, 0.25) is 0 Å². The SMILES string of the molecule is O=C(CCC1CCCCC1)NCCc1ccc(S(=O)(=O)NC(=O)c2ccc(C(=O)O)nc2)cc1. The van der Waals surface area contributed by atoms with Crippen LogP contribution in [0.25, 0.3) is 0 Å². The Kier molecular flexibility index (Phi) is 8.75. The van der Waals surface area contributed by atoms with E-state index < -0.39 is 21.9 Å². The predicted molar refractivity (Wildman–Crippen MR) is 125 cm³/mol. The zero-order chi connectivity index (χ0) is 24.6. The lowest BCUT2D eigenvalue weighted by Gasteiger charge is -2.20. The van der Waals surface area contributed by atoms with Crippen LogP contribution in [0.4, 0.5) is 0 Å². The van der Waals surface area contributed by atoms with Crippen LogP contribution in [0, 0.1) is 5.92 Å². The van der Waals surface area contributed by atoms with Crippen molar-refractivity contribution in [3.05, 3.63) is 59.4 Å². The van der Waals surface area contributed by atoms with Crippen molar-refractivity contribution in [2.75, 3.05) is 6.54 Å². The molecule has 2 amide bonds. The highest BCUT2D eigenvalue weighted by Crippen LogP contribution is 2.27. The first-order valence-electron chi connectivity index (χ1n) is 11.4. The van der Waals surface area contributed by atoms with Crippen molar-refractivity contribution in [2.45, 2.75) is 56.3 Å². The van der Waals surface area contributed by atoms with Crippen molar-refractivity contribution in [3.8, 4) is 0 Å². The first-order chi connectivity index (χ1) is 16.2. The summed E-state index contributed by atoms with van der Waals surface area (Å²) in [6.07, 6.45) is 9.30. The Bertz CT molecular complexity index is 1110. The number of benzene rings is 1. The summed E-state index contributed by atoms with van der Waals surface area (Å²) < 4.78 is 27.0. The molecule has 3 N–H and O–H groups in total. The fraction of sp³-hybridized carbons (Fsp3) is 0.417. The van der Waals surface area contributed by atoms with Gasteiger partial charge >= 0.3 is 5.97 Å². The molecule has 1 aromatic carbocycles. The molecule has 1 aromatic heterocycles. The number of aromatic nitrogens is 1. The van der Waals surface area contributed by atoms with Gasteiger partial charge in [0, 0.05) is 19.2 Å². The Morgan fingerprint density at radius 2 is 1.71 bits per heavy atom. The number of carbonyl (C=O) groups excluding carboxylic acids is 2. The minimum absolute atomic E-state index is 0.0401. The fourth-order valence-electron chi connectivity index (χ4n) is 3.98. The highest BCUT2D eigenvalue weighted by Gasteiger charge is 2.19. The van der Waals surface area contributed by atoms with Gasteiger partial charge in [-0.05, 0) is 48.6 Å². The summed E-state index contributed by atoms with van der Waals surface area (Å²) in [7, 11) is -4.12. The van der Waals surface area contributed by atoms with Gasteiger partial charge in [0.1, 0.15) is 5.69 Å². The van der Waals surface area contributed by atoms with Gasteiger partial charge < -0.3 is 10.4 Å². The molecule has 34 heavy (non-hydrogen) atoms. The molecule has 3 rings (SSSR count). The molecule has 1 saturated carbocycles. The van der Waals surface area contributed by atoms with Gasteiger partial charge in [0.25, 0.3) is 15.9 Å². The number of nitrogens with one attached hydrogen (secondary N) is 2. The Labute approximate surface area is 199 Å². The van der Waals surface area contributed by atoms with E-state index >= 15 is 0 Å². The van der Waals surface area contributed by atoms with Gasteiger partial charge in [-0.15, -0.1) is 0 Å². The summed E-state index contributed by atoms with van der Waals surface area (Å²) in [6, 6.07) is 8.36. The summed E-state index contributed by atoms with van der Waals surface area (Å²) in [4.78, 5) is 38.6. The van der Waals surface area contributed by atoms with E-state index in [0.29, 0.717) is 25.3 Å². The van der Waals surface area contributed by atoms with Crippen molar-refractivity contribution in [1.82, 2.24) is 15.0 Å². The molecule has 9 nitrogen and oxygen atoms in total. The van der Waals surface area contributed by atoms with E-state index in [2.05, 4.69) is 10.3 Å². The molecule has 0 unspecified atom stereocenters. The second kappa shape index (κ2) is 11.7. The van der Waals surface area contributed by atoms with E-state index in [1.165, 1.54) is 50.3 Å². The Morgan fingerprint density at radius 3 is 2.32 bits per heavy atom. The van der Waals surface area contributed by atoms with Gasteiger partial charge in [-0.25, -0.2) is 22.9 Å². The number of carbonyl (C=O) groups is 3. The van der Waals surface area contributed by atoms with Gasteiger partial charge in [0.05, 0.1) is 10.5 Å². The van der Waals surface area contributed by atoms with E-state index in [-0.39, 0.29) is 22.1 Å². The molecular weight excluding hydrogens is 458 g/mol. The number of rotatable bonds is 10. The number of carboxylic acids is 1. The number of carboxylic acid groups (broad SMARTS) is 1. The van der Waals surface area contributed by atoms with E-state index in [1.54, 1.807) is 12.1 Å². The molecule has 10 heteroatoms. The van der Waals surface area contributed by atoms with Crippen LogP contribution >= 0.6 is 0 Å². The highest BCUT2D eigenvalue weighted by molar-refractivity contribution is 7.90. The normalized spacial score (nSPS) is 14.4. The highest BCUT2D eigenvalue weighted by atomic mass is 32.2. The lowest BCUT2D eigenvalue weighted by atomic mass is 9.86. The van der Waals surface area contributed by atoms with Crippen LogP contribution < -0.4 is 10.0 Å². The number of sulfonamides is 1. The molecule has 0 atom stereocenters. The molecule has 1 heterocycles. The molecule has 0 aliphatic heterocycles.